The lowest BCUT2D eigenvalue weighted by Crippen LogP contribution is -2.09. The van der Waals surface area contributed by atoms with E-state index in [0.717, 1.165) is 0 Å². The molecule has 0 fully saturated rings. The zero-order valence-corrected chi connectivity index (χ0v) is 16.7. The molecular formula is C25H16N2O5. The molecule has 0 amide bonds. The van der Waals surface area contributed by atoms with Crippen molar-refractivity contribution < 1.29 is 23.9 Å². The summed E-state index contributed by atoms with van der Waals surface area (Å²) in [5, 5.41) is 0. The first-order valence-corrected chi connectivity index (χ1v) is 9.59. The van der Waals surface area contributed by atoms with Crippen molar-refractivity contribution in [2.75, 3.05) is 0 Å². The van der Waals surface area contributed by atoms with Gasteiger partial charge in [0.1, 0.15) is 11.5 Å². The van der Waals surface area contributed by atoms with E-state index in [2.05, 4.69) is 9.97 Å². The number of hydrogen-bond acceptors (Lipinski definition) is 7. The molecule has 0 spiro atoms. The molecule has 32 heavy (non-hydrogen) atoms. The Labute approximate surface area is 183 Å². The molecule has 7 heteroatoms. The van der Waals surface area contributed by atoms with Crippen molar-refractivity contribution in [2.24, 2.45) is 0 Å². The van der Waals surface area contributed by atoms with E-state index >= 15 is 0 Å². The van der Waals surface area contributed by atoms with Gasteiger partial charge in [0.05, 0.1) is 11.1 Å². The highest BCUT2D eigenvalue weighted by Crippen LogP contribution is 2.19. The van der Waals surface area contributed by atoms with Gasteiger partial charge >= 0.3 is 11.9 Å². The third-order valence-electron chi connectivity index (χ3n) is 4.45. The topological polar surface area (TPSA) is 95.5 Å². The number of carbonyl (C=O) groups is 3. The van der Waals surface area contributed by atoms with E-state index in [1.165, 1.54) is 12.4 Å². The van der Waals surface area contributed by atoms with Crippen LogP contribution < -0.4 is 9.47 Å². The molecule has 0 saturated heterocycles. The highest BCUT2D eigenvalue weighted by molar-refractivity contribution is 6.09. The molecule has 0 N–H and O–H groups in total. The minimum Gasteiger partial charge on any atom is -0.423 e. The van der Waals surface area contributed by atoms with Gasteiger partial charge in [-0.2, -0.15) is 0 Å². The van der Waals surface area contributed by atoms with Crippen LogP contribution in [0.5, 0.6) is 11.5 Å². The number of aromatic nitrogens is 2. The van der Waals surface area contributed by atoms with Gasteiger partial charge in [-0.3, -0.25) is 14.8 Å². The SMILES string of the molecule is O=C(Oc1ccc(C(=O)c2ccc(OC(=O)c3cccnc3)cc2)cc1)c1cccnc1. The number of rotatable bonds is 6. The number of benzene rings is 2. The number of carbonyl (C=O) groups excluding carboxylic acids is 3. The second-order valence-electron chi connectivity index (χ2n) is 6.64. The van der Waals surface area contributed by atoms with Crippen LogP contribution in [0.15, 0.2) is 97.6 Å². The Hall–Kier alpha value is -4.65. The van der Waals surface area contributed by atoms with Crippen molar-refractivity contribution in [2.45, 2.75) is 0 Å². The van der Waals surface area contributed by atoms with Crippen molar-refractivity contribution in [1.29, 1.82) is 0 Å². The van der Waals surface area contributed by atoms with Crippen LogP contribution in [0, 0.1) is 0 Å². The van der Waals surface area contributed by atoms with E-state index in [-0.39, 0.29) is 5.78 Å². The zero-order valence-electron chi connectivity index (χ0n) is 16.7. The van der Waals surface area contributed by atoms with Gasteiger partial charge in [0.15, 0.2) is 5.78 Å². The number of ketones is 1. The minimum absolute atomic E-state index is 0.222. The summed E-state index contributed by atoms with van der Waals surface area (Å²) >= 11 is 0. The Kier molecular flexibility index (Phi) is 6.08. The van der Waals surface area contributed by atoms with E-state index in [4.69, 9.17) is 9.47 Å². The largest absolute Gasteiger partial charge is 0.423 e. The van der Waals surface area contributed by atoms with Crippen molar-refractivity contribution >= 4 is 17.7 Å². The molecule has 2 aromatic carbocycles. The summed E-state index contributed by atoms with van der Waals surface area (Å²) in [6.45, 7) is 0. The number of pyridine rings is 2. The zero-order chi connectivity index (χ0) is 22.3. The maximum Gasteiger partial charge on any atom is 0.345 e. The Morgan fingerprint density at radius 1 is 0.531 bits per heavy atom. The first-order valence-electron chi connectivity index (χ1n) is 9.59. The third-order valence-corrected chi connectivity index (χ3v) is 4.45. The fraction of sp³-hybridized carbons (Fsp3) is 0. The van der Waals surface area contributed by atoms with Gasteiger partial charge in [-0.25, -0.2) is 9.59 Å². The molecule has 2 heterocycles. The minimum atomic E-state index is -0.534. The highest BCUT2D eigenvalue weighted by Gasteiger charge is 2.13. The van der Waals surface area contributed by atoms with E-state index in [9.17, 15) is 14.4 Å². The Morgan fingerprint density at radius 3 is 1.28 bits per heavy atom. The van der Waals surface area contributed by atoms with Crippen LogP contribution in [0.3, 0.4) is 0 Å². The quantitative estimate of drug-likeness (QED) is 0.261. The third kappa shape index (κ3) is 4.91. The van der Waals surface area contributed by atoms with Gasteiger partial charge in [0.2, 0.25) is 0 Å². The van der Waals surface area contributed by atoms with Gasteiger partial charge in [-0.1, -0.05) is 0 Å². The molecule has 0 saturated carbocycles. The van der Waals surface area contributed by atoms with Gasteiger partial charge < -0.3 is 9.47 Å². The monoisotopic (exact) mass is 424 g/mol. The molecule has 0 radical (unpaired) electrons. The summed E-state index contributed by atoms with van der Waals surface area (Å²) in [6.07, 6.45) is 5.96. The molecule has 0 unspecified atom stereocenters. The van der Waals surface area contributed by atoms with E-state index in [1.807, 2.05) is 0 Å². The first kappa shape index (κ1) is 20.6. The fourth-order valence-electron chi connectivity index (χ4n) is 2.81. The molecule has 156 valence electrons. The van der Waals surface area contributed by atoms with E-state index in [0.29, 0.717) is 33.8 Å². The first-order chi connectivity index (χ1) is 15.6. The number of hydrogen-bond donors (Lipinski definition) is 0. The van der Waals surface area contributed by atoms with Gasteiger partial charge in [0, 0.05) is 35.9 Å². The normalized spacial score (nSPS) is 10.2. The maximum atomic E-state index is 12.7. The van der Waals surface area contributed by atoms with E-state index in [1.54, 1.807) is 85.2 Å². The van der Waals surface area contributed by atoms with Crippen LogP contribution in [0.25, 0.3) is 0 Å². The van der Waals surface area contributed by atoms with Crippen molar-refractivity contribution in [3.8, 4) is 11.5 Å². The summed E-state index contributed by atoms with van der Waals surface area (Å²) in [5.74, 6) is -0.663. The molecule has 0 aliphatic rings. The number of nitrogens with zero attached hydrogens (tertiary/aromatic N) is 2. The maximum absolute atomic E-state index is 12.7. The molecule has 7 nitrogen and oxygen atoms in total. The molecule has 4 aromatic rings. The van der Waals surface area contributed by atoms with Crippen molar-refractivity contribution in [1.82, 2.24) is 9.97 Å². The van der Waals surface area contributed by atoms with Crippen molar-refractivity contribution in [3.63, 3.8) is 0 Å². The predicted molar refractivity (Wildman–Crippen MR) is 115 cm³/mol. The standard InChI is InChI=1S/C25H16N2O5/c28-23(17-5-9-21(10-6-17)31-24(29)19-3-1-13-26-15-19)18-7-11-22(12-8-18)32-25(30)20-4-2-14-27-16-20/h1-16H. The lowest BCUT2D eigenvalue weighted by molar-refractivity contribution is 0.0724. The Morgan fingerprint density at radius 2 is 0.938 bits per heavy atom. The Bertz CT molecular complexity index is 1140. The molecule has 0 aliphatic heterocycles. The molecule has 0 atom stereocenters. The summed E-state index contributed by atoms with van der Waals surface area (Å²) in [7, 11) is 0. The van der Waals surface area contributed by atoms with E-state index < -0.39 is 11.9 Å². The van der Waals surface area contributed by atoms with Crippen LogP contribution in [-0.2, 0) is 0 Å². The summed E-state index contributed by atoms with van der Waals surface area (Å²) < 4.78 is 10.6. The predicted octanol–water partition coefficient (Wildman–Crippen LogP) is 4.15. The average Bonchev–Trinajstić information content (AvgIpc) is 2.85. The lowest BCUT2D eigenvalue weighted by atomic mass is 10.0. The van der Waals surface area contributed by atoms with Gasteiger partial charge in [-0.15, -0.1) is 0 Å². The molecular weight excluding hydrogens is 408 g/mol. The number of ether oxygens (including phenoxy) is 2. The van der Waals surface area contributed by atoms with Gasteiger partial charge in [0.25, 0.3) is 0 Å². The van der Waals surface area contributed by atoms with Crippen LogP contribution in [0.2, 0.25) is 0 Å². The molecule has 2 aromatic heterocycles. The molecule has 0 aliphatic carbocycles. The van der Waals surface area contributed by atoms with Crippen LogP contribution >= 0.6 is 0 Å². The fourth-order valence-corrected chi connectivity index (χ4v) is 2.81. The van der Waals surface area contributed by atoms with Crippen LogP contribution in [0.4, 0.5) is 0 Å². The molecule has 4 rings (SSSR count). The van der Waals surface area contributed by atoms with Crippen LogP contribution in [-0.4, -0.2) is 27.7 Å². The number of esters is 2. The molecule has 0 bridgehead atoms. The van der Waals surface area contributed by atoms with Crippen molar-refractivity contribution in [3.05, 3.63) is 120 Å². The summed E-state index contributed by atoms with van der Waals surface area (Å²) in [4.78, 5) is 44.7. The lowest BCUT2D eigenvalue weighted by Gasteiger charge is -2.07. The summed E-state index contributed by atoms with van der Waals surface area (Å²) in [5.41, 5.74) is 1.51. The van der Waals surface area contributed by atoms with Crippen LogP contribution in [0.1, 0.15) is 36.6 Å². The second-order valence-corrected chi connectivity index (χ2v) is 6.64. The summed E-state index contributed by atoms with van der Waals surface area (Å²) in [6, 6.07) is 19.0. The van der Waals surface area contributed by atoms with Gasteiger partial charge in [-0.05, 0) is 72.8 Å². The Balaban J connectivity index is 1.39. The average molecular weight is 424 g/mol. The second kappa shape index (κ2) is 9.44. The smallest absolute Gasteiger partial charge is 0.345 e. The highest BCUT2D eigenvalue weighted by atomic mass is 16.5.